The Morgan fingerprint density at radius 1 is 1.30 bits per heavy atom. The molecule has 0 aliphatic heterocycles. The van der Waals surface area contributed by atoms with Crippen LogP contribution in [0.2, 0.25) is 0 Å². The highest BCUT2D eigenvalue weighted by Gasteiger charge is 2.22. The number of aliphatic hydroxyl groups excluding tert-OH is 1. The molecule has 2 unspecified atom stereocenters. The van der Waals surface area contributed by atoms with Crippen LogP contribution in [0.15, 0.2) is 24.3 Å². The summed E-state index contributed by atoms with van der Waals surface area (Å²) in [6.45, 7) is 2.51. The first-order valence-electron chi connectivity index (χ1n) is 7.48. The van der Waals surface area contributed by atoms with E-state index in [1.54, 1.807) is 0 Å². The molecular formula is C16H24N2O2. The number of rotatable bonds is 6. The van der Waals surface area contributed by atoms with Crippen molar-refractivity contribution in [3.05, 3.63) is 29.8 Å². The number of carbonyl (C=O) groups is 1. The number of benzene rings is 1. The maximum Gasteiger partial charge on any atom is 0.251 e. The fourth-order valence-electron chi connectivity index (χ4n) is 2.80. The molecule has 1 saturated carbocycles. The molecule has 0 bridgehead atoms. The second kappa shape index (κ2) is 7.29. The van der Waals surface area contributed by atoms with Gasteiger partial charge >= 0.3 is 0 Å². The molecule has 1 amide bonds. The van der Waals surface area contributed by atoms with E-state index in [-0.39, 0.29) is 12.5 Å². The van der Waals surface area contributed by atoms with Crippen LogP contribution in [0.3, 0.4) is 0 Å². The zero-order valence-corrected chi connectivity index (χ0v) is 12.1. The van der Waals surface area contributed by atoms with Crippen molar-refractivity contribution in [2.45, 2.75) is 38.6 Å². The summed E-state index contributed by atoms with van der Waals surface area (Å²) in [6.07, 6.45) is 5.06. The van der Waals surface area contributed by atoms with E-state index in [0.29, 0.717) is 18.2 Å². The third-order valence-corrected chi connectivity index (χ3v) is 4.03. The smallest absolute Gasteiger partial charge is 0.251 e. The maximum absolute atomic E-state index is 11.7. The first kappa shape index (κ1) is 14.9. The molecule has 110 valence electrons. The van der Waals surface area contributed by atoms with Gasteiger partial charge in [0.1, 0.15) is 0 Å². The van der Waals surface area contributed by atoms with Crippen LogP contribution in [-0.4, -0.2) is 30.2 Å². The van der Waals surface area contributed by atoms with E-state index < -0.39 is 0 Å². The largest absolute Gasteiger partial charge is 0.395 e. The number of hydrogen-bond donors (Lipinski definition) is 3. The molecule has 2 rings (SSSR count). The minimum Gasteiger partial charge on any atom is -0.395 e. The van der Waals surface area contributed by atoms with E-state index >= 15 is 0 Å². The van der Waals surface area contributed by atoms with Crippen molar-refractivity contribution >= 4 is 11.6 Å². The van der Waals surface area contributed by atoms with Gasteiger partial charge in [-0.15, -0.1) is 0 Å². The highest BCUT2D eigenvalue weighted by Crippen LogP contribution is 2.30. The molecule has 4 heteroatoms. The van der Waals surface area contributed by atoms with Gasteiger partial charge in [0.05, 0.1) is 6.61 Å². The maximum atomic E-state index is 11.7. The average Bonchev–Trinajstić information content (AvgIpc) is 2.93. The number of aliphatic hydroxyl groups is 1. The summed E-state index contributed by atoms with van der Waals surface area (Å²) >= 11 is 0. The zero-order chi connectivity index (χ0) is 14.4. The molecule has 0 saturated heterocycles. The van der Waals surface area contributed by atoms with Gasteiger partial charge in [0.2, 0.25) is 0 Å². The van der Waals surface area contributed by atoms with E-state index in [9.17, 15) is 4.79 Å². The molecular weight excluding hydrogens is 252 g/mol. The molecule has 4 nitrogen and oxygen atoms in total. The van der Waals surface area contributed by atoms with Crippen molar-refractivity contribution in [2.24, 2.45) is 5.92 Å². The SMILES string of the molecule is CCC1CCC(Nc2ccc(C(=O)NCCO)cc2)C1. The van der Waals surface area contributed by atoms with Crippen LogP contribution in [0, 0.1) is 5.92 Å². The third-order valence-electron chi connectivity index (χ3n) is 4.03. The van der Waals surface area contributed by atoms with Crippen LogP contribution < -0.4 is 10.6 Å². The van der Waals surface area contributed by atoms with Gasteiger partial charge in [-0.05, 0) is 49.4 Å². The molecule has 1 aromatic carbocycles. The van der Waals surface area contributed by atoms with Gasteiger partial charge in [-0.25, -0.2) is 0 Å². The van der Waals surface area contributed by atoms with Crippen molar-refractivity contribution in [1.29, 1.82) is 0 Å². The molecule has 0 heterocycles. The summed E-state index contributed by atoms with van der Waals surface area (Å²) < 4.78 is 0. The van der Waals surface area contributed by atoms with Crippen molar-refractivity contribution < 1.29 is 9.90 Å². The van der Waals surface area contributed by atoms with Gasteiger partial charge in [0.25, 0.3) is 5.91 Å². The number of anilines is 1. The Morgan fingerprint density at radius 3 is 2.65 bits per heavy atom. The normalized spacial score (nSPS) is 21.7. The molecule has 2 atom stereocenters. The van der Waals surface area contributed by atoms with E-state index in [4.69, 9.17) is 5.11 Å². The molecule has 1 fully saturated rings. The van der Waals surface area contributed by atoms with Gasteiger partial charge in [0.15, 0.2) is 0 Å². The average molecular weight is 276 g/mol. The Bertz CT molecular complexity index is 431. The molecule has 3 N–H and O–H groups in total. The Hall–Kier alpha value is -1.55. The summed E-state index contributed by atoms with van der Waals surface area (Å²) in [5, 5.41) is 14.9. The summed E-state index contributed by atoms with van der Waals surface area (Å²) in [6, 6.07) is 8.11. The lowest BCUT2D eigenvalue weighted by Gasteiger charge is -2.14. The molecule has 20 heavy (non-hydrogen) atoms. The van der Waals surface area contributed by atoms with Crippen LogP contribution in [0.25, 0.3) is 0 Å². The first-order valence-corrected chi connectivity index (χ1v) is 7.48. The van der Waals surface area contributed by atoms with Crippen molar-refractivity contribution in [3.8, 4) is 0 Å². The minimum atomic E-state index is -0.141. The highest BCUT2D eigenvalue weighted by molar-refractivity contribution is 5.94. The van der Waals surface area contributed by atoms with Crippen molar-refractivity contribution in [3.63, 3.8) is 0 Å². The fourth-order valence-corrected chi connectivity index (χ4v) is 2.80. The molecule has 1 aliphatic rings. The van der Waals surface area contributed by atoms with Crippen molar-refractivity contribution in [2.75, 3.05) is 18.5 Å². The summed E-state index contributed by atoms with van der Waals surface area (Å²) in [5.41, 5.74) is 1.70. The Labute approximate surface area is 120 Å². The van der Waals surface area contributed by atoms with E-state index in [1.807, 2.05) is 24.3 Å². The highest BCUT2D eigenvalue weighted by atomic mass is 16.3. The molecule has 1 aromatic rings. The predicted molar refractivity (Wildman–Crippen MR) is 80.9 cm³/mol. The van der Waals surface area contributed by atoms with E-state index in [0.717, 1.165) is 11.6 Å². The molecule has 0 spiro atoms. The van der Waals surface area contributed by atoms with E-state index in [1.165, 1.54) is 25.7 Å². The Balaban J connectivity index is 1.87. The van der Waals surface area contributed by atoms with Crippen LogP contribution in [0.5, 0.6) is 0 Å². The predicted octanol–water partition coefficient (Wildman–Crippen LogP) is 2.40. The van der Waals surface area contributed by atoms with Crippen molar-refractivity contribution in [1.82, 2.24) is 5.32 Å². The number of hydrogen-bond acceptors (Lipinski definition) is 3. The third kappa shape index (κ3) is 3.97. The lowest BCUT2D eigenvalue weighted by molar-refractivity contribution is 0.0945. The topological polar surface area (TPSA) is 61.4 Å². The first-order chi connectivity index (χ1) is 9.72. The Kier molecular flexibility index (Phi) is 5.41. The number of carbonyl (C=O) groups excluding carboxylic acids is 1. The van der Waals surface area contributed by atoms with Gasteiger partial charge in [0, 0.05) is 23.8 Å². The van der Waals surface area contributed by atoms with Gasteiger partial charge < -0.3 is 15.7 Å². The van der Waals surface area contributed by atoms with Crippen LogP contribution in [0.4, 0.5) is 5.69 Å². The quantitative estimate of drug-likeness (QED) is 0.747. The van der Waals surface area contributed by atoms with Gasteiger partial charge in [-0.2, -0.15) is 0 Å². The number of nitrogens with one attached hydrogen (secondary N) is 2. The lowest BCUT2D eigenvalue weighted by Crippen LogP contribution is -2.26. The Morgan fingerprint density at radius 2 is 2.05 bits per heavy atom. The second-order valence-electron chi connectivity index (χ2n) is 5.49. The minimum absolute atomic E-state index is 0.0361. The molecule has 0 radical (unpaired) electrons. The van der Waals surface area contributed by atoms with Gasteiger partial charge in [-0.3, -0.25) is 4.79 Å². The summed E-state index contributed by atoms with van der Waals surface area (Å²) in [7, 11) is 0. The summed E-state index contributed by atoms with van der Waals surface area (Å²) in [5.74, 6) is 0.716. The fraction of sp³-hybridized carbons (Fsp3) is 0.562. The second-order valence-corrected chi connectivity index (χ2v) is 5.49. The number of amides is 1. The van der Waals surface area contributed by atoms with Crippen LogP contribution in [0.1, 0.15) is 43.0 Å². The standard InChI is InChI=1S/C16H24N2O2/c1-2-12-3-6-15(11-12)18-14-7-4-13(5-8-14)16(20)17-9-10-19/h4-5,7-8,12,15,18-19H,2-3,6,9-11H2,1H3,(H,17,20). The summed E-state index contributed by atoms with van der Waals surface area (Å²) in [4.78, 5) is 11.7. The molecule has 0 aromatic heterocycles. The molecule has 1 aliphatic carbocycles. The monoisotopic (exact) mass is 276 g/mol. The van der Waals surface area contributed by atoms with Crippen LogP contribution in [-0.2, 0) is 0 Å². The lowest BCUT2D eigenvalue weighted by atomic mass is 10.1. The van der Waals surface area contributed by atoms with E-state index in [2.05, 4.69) is 17.6 Å². The zero-order valence-electron chi connectivity index (χ0n) is 12.1. The van der Waals surface area contributed by atoms with Gasteiger partial charge in [-0.1, -0.05) is 13.3 Å². The van der Waals surface area contributed by atoms with Crippen LogP contribution >= 0.6 is 0 Å².